The molecule has 0 saturated carbocycles. The highest BCUT2D eigenvalue weighted by Crippen LogP contribution is 2.39. The van der Waals surface area contributed by atoms with Crippen LogP contribution in [0.2, 0.25) is 0 Å². The standard InChI is InChI=1S/C37H37BrN4O2/c1-26(2)35-19-18-31(21-39-35)42(24-29-20-40-41(23-29)22-27-14-16-30(38)17-15-27)37(43)34-12-6-11-33-32(34)10-7-13-36(33)44-25-28-8-4-3-5-9-28/h3-5,7-10,13-21,23,26,34H,6,11-12,22,24-25H2,1-2H3. The highest BCUT2D eigenvalue weighted by Gasteiger charge is 2.32. The highest BCUT2D eigenvalue weighted by molar-refractivity contribution is 9.10. The van der Waals surface area contributed by atoms with Crippen molar-refractivity contribution in [3.8, 4) is 5.75 Å². The van der Waals surface area contributed by atoms with E-state index < -0.39 is 0 Å². The summed E-state index contributed by atoms with van der Waals surface area (Å²) >= 11 is 3.50. The predicted molar refractivity (Wildman–Crippen MR) is 178 cm³/mol. The molecule has 0 aliphatic heterocycles. The second-order valence-corrected chi connectivity index (χ2v) is 12.7. The summed E-state index contributed by atoms with van der Waals surface area (Å²) < 4.78 is 9.28. The van der Waals surface area contributed by atoms with Gasteiger partial charge in [-0.1, -0.05) is 84.4 Å². The maximum atomic E-state index is 14.5. The Morgan fingerprint density at radius 3 is 2.52 bits per heavy atom. The van der Waals surface area contributed by atoms with Crippen LogP contribution in [0.1, 0.15) is 72.0 Å². The predicted octanol–water partition coefficient (Wildman–Crippen LogP) is 8.44. The molecule has 3 aromatic carbocycles. The molecule has 2 heterocycles. The topological polar surface area (TPSA) is 60.2 Å². The number of carbonyl (C=O) groups is 1. The molecular formula is C37H37BrN4O2. The van der Waals surface area contributed by atoms with Gasteiger partial charge in [0, 0.05) is 21.9 Å². The average molecular weight is 650 g/mol. The van der Waals surface area contributed by atoms with E-state index in [1.54, 1.807) is 0 Å². The van der Waals surface area contributed by atoms with Crippen LogP contribution in [0.5, 0.6) is 5.75 Å². The second kappa shape index (κ2) is 13.6. The monoisotopic (exact) mass is 648 g/mol. The maximum absolute atomic E-state index is 14.5. The van der Waals surface area contributed by atoms with Gasteiger partial charge in [0.15, 0.2) is 0 Å². The SMILES string of the molecule is CC(C)c1ccc(N(Cc2cnn(Cc3ccc(Br)cc3)c2)C(=O)C2CCCc3c(OCc4ccccc4)cccc32)cn1. The van der Waals surface area contributed by atoms with Gasteiger partial charge in [-0.3, -0.25) is 14.5 Å². The number of nitrogens with zero attached hydrogens (tertiary/aromatic N) is 4. The molecule has 1 atom stereocenters. The molecule has 1 aliphatic carbocycles. The van der Waals surface area contributed by atoms with Crippen LogP contribution in [0.4, 0.5) is 5.69 Å². The van der Waals surface area contributed by atoms with Crippen molar-refractivity contribution < 1.29 is 9.53 Å². The van der Waals surface area contributed by atoms with Gasteiger partial charge in [0.2, 0.25) is 5.91 Å². The minimum atomic E-state index is -0.262. The smallest absolute Gasteiger partial charge is 0.234 e. The molecule has 2 aromatic heterocycles. The Bertz CT molecular complexity index is 1700. The van der Waals surface area contributed by atoms with Crippen LogP contribution in [-0.2, 0) is 30.9 Å². The number of hydrogen-bond acceptors (Lipinski definition) is 4. The van der Waals surface area contributed by atoms with Crippen molar-refractivity contribution >= 4 is 27.5 Å². The fourth-order valence-electron chi connectivity index (χ4n) is 5.86. The van der Waals surface area contributed by atoms with E-state index in [0.29, 0.717) is 25.6 Å². The third-order valence-corrected chi connectivity index (χ3v) is 8.75. The van der Waals surface area contributed by atoms with E-state index in [9.17, 15) is 4.79 Å². The van der Waals surface area contributed by atoms with Crippen molar-refractivity contribution in [1.29, 1.82) is 0 Å². The Morgan fingerprint density at radius 1 is 0.955 bits per heavy atom. The molecule has 0 N–H and O–H groups in total. The highest BCUT2D eigenvalue weighted by atomic mass is 79.9. The average Bonchev–Trinajstić information content (AvgIpc) is 3.50. The molecule has 224 valence electrons. The summed E-state index contributed by atoms with van der Waals surface area (Å²) in [6.45, 7) is 5.83. The molecule has 1 amide bonds. The van der Waals surface area contributed by atoms with Gasteiger partial charge in [-0.2, -0.15) is 5.10 Å². The van der Waals surface area contributed by atoms with Crippen LogP contribution >= 0.6 is 15.9 Å². The van der Waals surface area contributed by atoms with Crippen LogP contribution in [0, 0.1) is 0 Å². The lowest BCUT2D eigenvalue weighted by Crippen LogP contribution is -2.36. The molecule has 44 heavy (non-hydrogen) atoms. The zero-order chi connectivity index (χ0) is 30.5. The van der Waals surface area contributed by atoms with Gasteiger partial charge in [0.1, 0.15) is 12.4 Å². The van der Waals surface area contributed by atoms with Gasteiger partial charge < -0.3 is 9.64 Å². The normalized spacial score (nSPS) is 14.3. The van der Waals surface area contributed by atoms with Crippen LogP contribution in [-0.4, -0.2) is 20.7 Å². The van der Waals surface area contributed by atoms with Gasteiger partial charge in [-0.25, -0.2) is 0 Å². The van der Waals surface area contributed by atoms with Crippen LogP contribution < -0.4 is 9.64 Å². The third kappa shape index (κ3) is 6.94. The lowest BCUT2D eigenvalue weighted by molar-refractivity contribution is -0.120. The molecule has 0 spiro atoms. The van der Waals surface area contributed by atoms with E-state index in [-0.39, 0.29) is 11.8 Å². The quantitative estimate of drug-likeness (QED) is 0.152. The molecule has 0 saturated heterocycles. The Labute approximate surface area is 267 Å². The van der Waals surface area contributed by atoms with Crippen LogP contribution in [0.3, 0.4) is 0 Å². The summed E-state index contributed by atoms with van der Waals surface area (Å²) in [7, 11) is 0. The molecular weight excluding hydrogens is 612 g/mol. The van der Waals surface area contributed by atoms with Crippen LogP contribution in [0.15, 0.2) is 108 Å². The van der Waals surface area contributed by atoms with E-state index in [2.05, 4.69) is 65.2 Å². The van der Waals surface area contributed by atoms with E-state index in [4.69, 9.17) is 9.72 Å². The zero-order valence-corrected chi connectivity index (χ0v) is 26.8. The minimum absolute atomic E-state index is 0.0749. The van der Waals surface area contributed by atoms with E-state index in [0.717, 1.165) is 68.7 Å². The number of anilines is 1. The molecule has 6 nitrogen and oxygen atoms in total. The maximum Gasteiger partial charge on any atom is 0.234 e. The second-order valence-electron chi connectivity index (χ2n) is 11.7. The number of hydrogen-bond donors (Lipinski definition) is 0. The number of rotatable bonds is 10. The van der Waals surface area contributed by atoms with Crippen molar-refractivity contribution in [2.75, 3.05) is 4.90 Å². The number of ether oxygens (including phenoxy) is 1. The number of benzene rings is 3. The van der Waals surface area contributed by atoms with Gasteiger partial charge in [-0.15, -0.1) is 0 Å². The van der Waals surface area contributed by atoms with Crippen molar-refractivity contribution in [3.05, 3.63) is 142 Å². The number of fused-ring (bicyclic) bond motifs is 1. The first kappa shape index (κ1) is 29.8. The largest absolute Gasteiger partial charge is 0.489 e. The molecule has 0 radical (unpaired) electrons. The first-order valence-corrected chi connectivity index (χ1v) is 16.1. The Morgan fingerprint density at radius 2 is 1.77 bits per heavy atom. The van der Waals surface area contributed by atoms with E-state index in [1.165, 1.54) is 0 Å². The van der Waals surface area contributed by atoms with Gasteiger partial charge >= 0.3 is 0 Å². The molecule has 1 aliphatic rings. The van der Waals surface area contributed by atoms with Crippen LogP contribution in [0.25, 0.3) is 0 Å². The van der Waals surface area contributed by atoms with Crippen molar-refractivity contribution in [3.63, 3.8) is 0 Å². The fraction of sp³-hybridized carbons (Fsp3) is 0.270. The Hall–Kier alpha value is -4.23. The summed E-state index contributed by atoms with van der Waals surface area (Å²) in [5.74, 6) is 0.990. The molecule has 0 bridgehead atoms. The molecule has 6 rings (SSSR count). The lowest BCUT2D eigenvalue weighted by Gasteiger charge is -2.31. The number of aromatic nitrogens is 3. The number of halogens is 1. The summed E-state index contributed by atoms with van der Waals surface area (Å²) in [5, 5.41) is 4.62. The van der Waals surface area contributed by atoms with E-state index >= 15 is 0 Å². The summed E-state index contributed by atoms with van der Waals surface area (Å²) in [4.78, 5) is 21.1. The first-order valence-electron chi connectivity index (χ1n) is 15.3. The number of carbonyl (C=O) groups excluding carboxylic acids is 1. The molecule has 7 heteroatoms. The molecule has 0 fully saturated rings. The third-order valence-electron chi connectivity index (χ3n) is 8.22. The Balaban J connectivity index is 1.27. The van der Waals surface area contributed by atoms with Crippen molar-refractivity contribution in [2.45, 2.75) is 64.6 Å². The summed E-state index contributed by atoms with van der Waals surface area (Å²) in [6, 6.07) is 28.6. The van der Waals surface area contributed by atoms with Gasteiger partial charge in [0.05, 0.1) is 37.1 Å². The zero-order valence-electron chi connectivity index (χ0n) is 25.2. The molecule has 5 aromatic rings. The van der Waals surface area contributed by atoms with Gasteiger partial charge in [0.25, 0.3) is 0 Å². The van der Waals surface area contributed by atoms with Crippen molar-refractivity contribution in [1.82, 2.24) is 14.8 Å². The summed E-state index contributed by atoms with van der Waals surface area (Å²) in [5.41, 5.74) is 7.26. The molecule has 1 unspecified atom stereocenters. The first-order chi connectivity index (χ1) is 21.4. The number of amides is 1. The van der Waals surface area contributed by atoms with Crippen molar-refractivity contribution in [2.24, 2.45) is 0 Å². The minimum Gasteiger partial charge on any atom is -0.489 e. The Kier molecular flexibility index (Phi) is 9.22. The summed E-state index contributed by atoms with van der Waals surface area (Å²) in [6.07, 6.45) is 8.35. The van der Waals surface area contributed by atoms with E-state index in [1.807, 2.05) is 82.8 Å². The number of pyridine rings is 1. The fourth-order valence-corrected chi connectivity index (χ4v) is 6.12. The van der Waals surface area contributed by atoms with Gasteiger partial charge in [-0.05, 0) is 77.8 Å². The lowest BCUT2D eigenvalue weighted by atomic mass is 9.81.